The summed E-state index contributed by atoms with van der Waals surface area (Å²) >= 11 is 1.57. The van der Waals surface area contributed by atoms with E-state index in [4.69, 9.17) is 5.73 Å². The summed E-state index contributed by atoms with van der Waals surface area (Å²) in [5, 5.41) is 0.665. The van der Waals surface area contributed by atoms with Gasteiger partial charge in [-0.15, -0.1) is 17.9 Å². The highest BCUT2D eigenvalue weighted by Gasteiger charge is 1.96. The zero-order valence-electron chi connectivity index (χ0n) is 6.42. The highest BCUT2D eigenvalue weighted by molar-refractivity contribution is 7.15. The second-order valence-corrected chi connectivity index (χ2v) is 3.49. The number of allylic oxidation sites excluding steroid dienone is 1. The van der Waals surface area contributed by atoms with Gasteiger partial charge in [0.05, 0.1) is 0 Å². The van der Waals surface area contributed by atoms with Gasteiger partial charge in [0, 0.05) is 11.1 Å². The highest BCUT2D eigenvalue weighted by atomic mass is 32.1. The summed E-state index contributed by atoms with van der Waals surface area (Å²) in [6.45, 7) is 3.66. The number of hydrogen-bond acceptors (Lipinski definition) is 3. The minimum atomic E-state index is 0.665. The van der Waals surface area contributed by atoms with Gasteiger partial charge in [-0.1, -0.05) is 6.08 Å². The lowest BCUT2D eigenvalue weighted by Crippen LogP contribution is -1.77. The van der Waals surface area contributed by atoms with E-state index in [2.05, 4.69) is 11.6 Å². The predicted octanol–water partition coefficient (Wildman–Crippen LogP) is 2.23. The molecule has 0 spiro atoms. The molecule has 0 aliphatic heterocycles. The summed E-state index contributed by atoms with van der Waals surface area (Å²) < 4.78 is 0. The van der Waals surface area contributed by atoms with E-state index in [1.165, 1.54) is 4.88 Å². The molecule has 1 rings (SSSR count). The number of anilines is 1. The summed E-state index contributed by atoms with van der Waals surface area (Å²) in [6, 6.07) is 0. The van der Waals surface area contributed by atoms with Crippen LogP contribution in [0.1, 0.15) is 17.7 Å². The number of nitrogens with two attached hydrogens (primary N) is 1. The molecule has 0 aromatic carbocycles. The molecule has 60 valence electrons. The Kier molecular flexibility index (Phi) is 3.11. The predicted molar refractivity (Wildman–Crippen MR) is 49.7 cm³/mol. The van der Waals surface area contributed by atoms with Gasteiger partial charge in [-0.25, -0.2) is 4.98 Å². The monoisotopic (exact) mass is 168 g/mol. The molecule has 0 saturated heterocycles. The molecule has 2 N–H and O–H groups in total. The smallest absolute Gasteiger partial charge is 0.180 e. The number of unbranched alkanes of at least 4 members (excludes halogenated alkanes) is 1. The van der Waals surface area contributed by atoms with Gasteiger partial charge in [0.25, 0.3) is 0 Å². The van der Waals surface area contributed by atoms with Crippen molar-refractivity contribution in [2.24, 2.45) is 0 Å². The summed E-state index contributed by atoms with van der Waals surface area (Å²) in [5.74, 6) is 0. The van der Waals surface area contributed by atoms with E-state index in [1.54, 1.807) is 11.3 Å². The zero-order chi connectivity index (χ0) is 8.10. The fourth-order valence-electron chi connectivity index (χ4n) is 0.859. The van der Waals surface area contributed by atoms with Crippen molar-refractivity contribution in [3.63, 3.8) is 0 Å². The van der Waals surface area contributed by atoms with Gasteiger partial charge >= 0.3 is 0 Å². The van der Waals surface area contributed by atoms with Gasteiger partial charge in [-0.2, -0.15) is 0 Å². The Morgan fingerprint density at radius 2 is 2.55 bits per heavy atom. The number of nitrogens with zero attached hydrogens (tertiary/aromatic N) is 1. The maximum atomic E-state index is 5.47. The minimum Gasteiger partial charge on any atom is -0.375 e. The van der Waals surface area contributed by atoms with Crippen LogP contribution >= 0.6 is 11.3 Å². The van der Waals surface area contributed by atoms with Crippen molar-refractivity contribution >= 4 is 16.5 Å². The summed E-state index contributed by atoms with van der Waals surface area (Å²) in [5.41, 5.74) is 5.47. The fraction of sp³-hybridized carbons (Fsp3) is 0.375. The standard InChI is InChI=1S/C8H12N2S/c1-2-3-4-5-7-6-10-8(9)11-7/h2,6H,1,3-5H2,(H2,9,10). The van der Waals surface area contributed by atoms with Crippen molar-refractivity contribution in [3.8, 4) is 0 Å². The van der Waals surface area contributed by atoms with E-state index >= 15 is 0 Å². The summed E-state index contributed by atoms with van der Waals surface area (Å²) in [4.78, 5) is 5.23. The van der Waals surface area contributed by atoms with Crippen LogP contribution in [-0.2, 0) is 6.42 Å². The first-order valence-electron chi connectivity index (χ1n) is 3.64. The Morgan fingerprint density at radius 1 is 1.73 bits per heavy atom. The van der Waals surface area contributed by atoms with Crippen LogP contribution in [0.25, 0.3) is 0 Å². The zero-order valence-corrected chi connectivity index (χ0v) is 7.23. The van der Waals surface area contributed by atoms with Crippen molar-refractivity contribution in [2.45, 2.75) is 19.3 Å². The van der Waals surface area contributed by atoms with Crippen molar-refractivity contribution in [1.29, 1.82) is 0 Å². The Bertz CT molecular complexity index is 230. The Morgan fingerprint density at radius 3 is 3.09 bits per heavy atom. The molecule has 0 atom stereocenters. The lowest BCUT2D eigenvalue weighted by atomic mass is 10.2. The van der Waals surface area contributed by atoms with Crippen molar-refractivity contribution in [2.75, 3.05) is 5.73 Å². The van der Waals surface area contributed by atoms with Gasteiger partial charge in [0.15, 0.2) is 5.13 Å². The summed E-state index contributed by atoms with van der Waals surface area (Å²) in [7, 11) is 0. The molecular weight excluding hydrogens is 156 g/mol. The number of hydrogen-bond donors (Lipinski definition) is 1. The molecule has 0 saturated carbocycles. The minimum absolute atomic E-state index is 0.665. The first-order chi connectivity index (χ1) is 5.33. The number of aryl methyl sites for hydroxylation is 1. The number of thiazole rings is 1. The van der Waals surface area contributed by atoms with E-state index < -0.39 is 0 Å². The topological polar surface area (TPSA) is 38.9 Å². The van der Waals surface area contributed by atoms with E-state index in [1.807, 2.05) is 12.3 Å². The quantitative estimate of drug-likeness (QED) is 0.553. The summed E-state index contributed by atoms with van der Waals surface area (Å²) in [6.07, 6.45) is 7.07. The van der Waals surface area contributed by atoms with Crippen LogP contribution in [0.3, 0.4) is 0 Å². The van der Waals surface area contributed by atoms with Gasteiger partial charge < -0.3 is 5.73 Å². The third-order valence-corrected chi connectivity index (χ3v) is 2.29. The average molecular weight is 168 g/mol. The van der Waals surface area contributed by atoms with E-state index in [-0.39, 0.29) is 0 Å². The Balaban J connectivity index is 2.32. The molecule has 0 aliphatic rings. The van der Waals surface area contributed by atoms with Gasteiger partial charge in [0.2, 0.25) is 0 Å². The van der Waals surface area contributed by atoms with E-state index in [0.29, 0.717) is 5.13 Å². The molecule has 0 unspecified atom stereocenters. The van der Waals surface area contributed by atoms with Crippen LogP contribution in [0.2, 0.25) is 0 Å². The molecule has 11 heavy (non-hydrogen) atoms. The van der Waals surface area contributed by atoms with Crippen LogP contribution in [0, 0.1) is 0 Å². The van der Waals surface area contributed by atoms with Gasteiger partial charge in [-0.3, -0.25) is 0 Å². The molecule has 1 aromatic rings. The normalized spacial score (nSPS) is 9.82. The van der Waals surface area contributed by atoms with E-state index in [0.717, 1.165) is 19.3 Å². The average Bonchev–Trinajstić information content (AvgIpc) is 2.37. The van der Waals surface area contributed by atoms with Crippen LogP contribution in [0.15, 0.2) is 18.9 Å². The van der Waals surface area contributed by atoms with Crippen LogP contribution in [-0.4, -0.2) is 4.98 Å². The lowest BCUT2D eigenvalue weighted by Gasteiger charge is -1.90. The molecule has 0 fully saturated rings. The van der Waals surface area contributed by atoms with Crippen LogP contribution < -0.4 is 5.73 Å². The Labute approximate surface area is 70.8 Å². The molecule has 0 bridgehead atoms. The molecule has 1 heterocycles. The number of aromatic nitrogens is 1. The number of rotatable bonds is 4. The molecular formula is C8H12N2S. The first-order valence-corrected chi connectivity index (χ1v) is 4.45. The van der Waals surface area contributed by atoms with E-state index in [9.17, 15) is 0 Å². The largest absolute Gasteiger partial charge is 0.375 e. The lowest BCUT2D eigenvalue weighted by molar-refractivity contribution is 0.854. The van der Waals surface area contributed by atoms with Crippen LogP contribution in [0.5, 0.6) is 0 Å². The first kappa shape index (κ1) is 8.27. The highest BCUT2D eigenvalue weighted by Crippen LogP contribution is 2.16. The second kappa shape index (κ2) is 4.13. The van der Waals surface area contributed by atoms with Gasteiger partial charge in [0.1, 0.15) is 0 Å². The fourth-order valence-corrected chi connectivity index (χ4v) is 1.58. The van der Waals surface area contributed by atoms with Gasteiger partial charge in [-0.05, 0) is 19.3 Å². The maximum Gasteiger partial charge on any atom is 0.180 e. The third-order valence-electron chi connectivity index (χ3n) is 1.40. The van der Waals surface area contributed by atoms with Crippen molar-refractivity contribution in [3.05, 3.63) is 23.7 Å². The molecule has 0 radical (unpaired) electrons. The third kappa shape index (κ3) is 2.72. The molecule has 1 aromatic heterocycles. The Hall–Kier alpha value is -0.830. The molecule has 0 amide bonds. The molecule has 0 aliphatic carbocycles. The maximum absolute atomic E-state index is 5.47. The van der Waals surface area contributed by atoms with Crippen molar-refractivity contribution < 1.29 is 0 Å². The van der Waals surface area contributed by atoms with Crippen molar-refractivity contribution in [1.82, 2.24) is 4.98 Å². The number of nitrogen functional groups attached to an aromatic ring is 1. The van der Waals surface area contributed by atoms with Crippen LogP contribution in [0.4, 0.5) is 5.13 Å². The SMILES string of the molecule is C=CCCCc1cnc(N)s1. The molecule has 2 nitrogen and oxygen atoms in total. The second-order valence-electron chi connectivity index (χ2n) is 2.35. The molecule has 3 heteroatoms.